The standard InChI is InChI=1S/C20H12BrFO4/c21-17-12-13(22)10-11-18(17)26-20(24)16-9-5-4-8-15(16)19(23)25-14-6-2-1-3-7-14/h1-12H. The summed E-state index contributed by atoms with van der Waals surface area (Å²) in [6.45, 7) is 0. The average Bonchev–Trinajstić information content (AvgIpc) is 2.65. The van der Waals surface area contributed by atoms with Crippen molar-refractivity contribution in [3.05, 3.63) is 94.2 Å². The lowest BCUT2D eigenvalue weighted by molar-refractivity contribution is 0.0691. The zero-order valence-electron chi connectivity index (χ0n) is 13.3. The Bertz CT molecular complexity index is 957. The van der Waals surface area contributed by atoms with Gasteiger partial charge in [0.25, 0.3) is 0 Å². The van der Waals surface area contributed by atoms with E-state index in [-0.39, 0.29) is 21.3 Å². The molecule has 3 rings (SSSR count). The highest BCUT2D eigenvalue weighted by Gasteiger charge is 2.20. The maximum Gasteiger partial charge on any atom is 0.344 e. The van der Waals surface area contributed by atoms with Gasteiger partial charge in [0, 0.05) is 0 Å². The van der Waals surface area contributed by atoms with Crippen LogP contribution < -0.4 is 9.47 Å². The van der Waals surface area contributed by atoms with Crippen molar-refractivity contribution in [2.45, 2.75) is 0 Å². The Morgan fingerprint density at radius 2 is 1.35 bits per heavy atom. The maximum atomic E-state index is 13.2. The molecule has 0 aliphatic rings. The lowest BCUT2D eigenvalue weighted by atomic mass is 10.1. The molecule has 0 spiro atoms. The first-order valence-corrected chi connectivity index (χ1v) is 8.37. The topological polar surface area (TPSA) is 52.6 Å². The molecule has 0 atom stereocenters. The Morgan fingerprint density at radius 1 is 0.769 bits per heavy atom. The highest BCUT2D eigenvalue weighted by atomic mass is 79.9. The molecule has 26 heavy (non-hydrogen) atoms. The molecule has 0 saturated carbocycles. The highest BCUT2D eigenvalue weighted by Crippen LogP contribution is 2.27. The van der Waals surface area contributed by atoms with E-state index in [0.717, 1.165) is 0 Å². The molecule has 0 fully saturated rings. The Labute approximate surface area is 157 Å². The third kappa shape index (κ3) is 4.15. The van der Waals surface area contributed by atoms with Crippen molar-refractivity contribution in [1.29, 1.82) is 0 Å². The molecule has 0 saturated heterocycles. The predicted molar refractivity (Wildman–Crippen MR) is 96.9 cm³/mol. The number of para-hydroxylation sites is 1. The summed E-state index contributed by atoms with van der Waals surface area (Å²) in [6.07, 6.45) is 0. The quantitative estimate of drug-likeness (QED) is 0.443. The van der Waals surface area contributed by atoms with Gasteiger partial charge in [-0.05, 0) is 58.4 Å². The summed E-state index contributed by atoms with van der Waals surface area (Å²) in [5.74, 6) is -1.40. The number of benzene rings is 3. The molecule has 0 bridgehead atoms. The molecule has 130 valence electrons. The summed E-state index contributed by atoms with van der Waals surface area (Å²) in [7, 11) is 0. The predicted octanol–water partition coefficient (Wildman–Crippen LogP) is 5.03. The second kappa shape index (κ2) is 7.93. The van der Waals surface area contributed by atoms with Crippen molar-refractivity contribution >= 4 is 27.9 Å². The minimum absolute atomic E-state index is 0.0460. The minimum Gasteiger partial charge on any atom is -0.423 e. The average molecular weight is 415 g/mol. The molecule has 0 radical (unpaired) electrons. The fraction of sp³-hybridized carbons (Fsp3) is 0. The molecule has 4 nitrogen and oxygen atoms in total. The molecule has 0 amide bonds. The first-order chi connectivity index (χ1) is 12.5. The molecule has 0 aliphatic heterocycles. The van der Waals surface area contributed by atoms with Gasteiger partial charge in [-0.25, -0.2) is 14.0 Å². The summed E-state index contributed by atoms with van der Waals surface area (Å²) in [5.41, 5.74) is 0.115. The van der Waals surface area contributed by atoms with E-state index in [1.54, 1.807) is 42.5 Å². The SMILES string of the molecule is O=C(Oc1ccccc1)c1ccccc1C(=O)Oc1ccc(F)cc1Br. The Balaban J connectivity index is 1.84. The smallest absolute Gasteiger partial charge is 0.344 e. The van der Waals surface area contributed by atoms with Crippen LogP contribution in [0.4, 0.5) is 4.39 Å². The van der Waals surface area contributed by atoms with E-state index in [1.165, 1.54) is 30.3 Å². The molecular formula is C20H12BrFO4. The Morgan fingerprint density at radius 3 is 1.96 bits per heavy atom. The number of hydrogen-bond acceptors (Lipinski definition) is 4. The number of ether oxygens (including phenoxy) is 2. The lowest BCUT2D eigenvalue weighted by Gasteiger charge is -2.10. The van der Waals surface area contributed by atoms with Crippen molar-refractivity contribution in [3.63, 3.8) is 0 Å². The van der Waals surface area contributed by atoms with E-state index >= 15 is 0 Å². The zero-order valence-corrected chi connectivity index (χ0v) is 14.9. The van der Waals surface area contributed by atoms with Crippen LogP contribution in [-0.2, 0) is 0 Å². The van der Waals surface area contributed by atoms with Gasteiger partial charge in [-0.15, -0.1) is 0 Å². The van der Waals surface area contributed by atoms with Crippen LogP contribution in [0.1, 0.15) is 20.7 Å². The molecule has 0 unspecified atom stereocenters. The number of carbonyl (C=O) groups is 2. The number of rotatable bonds is 4. The number of halogens is 2. The summed E-state index contributed by atoms with van der Waals surface area (Å²) in [6, 6.07) is 18.4. The van der Waals surface area contributed by atoms with Crippen LogP contribution in [-0.4, -0.2) is 11.9 Å². The molecule has 3 aromatic rings. The van der Waals surface area contributed by atoms with Crippen molar-refractivity contribution < 1.29 is 23.5 Å². The first kappa shape index (κ1) is 17.8. The molecule has 6 heteroatoms. The van der Waals surface area contributed by atoms with Crippen molar-refractivity contribution in [2.24, 2.45) is 0 Å². The number of carbonyl (C=O) groups excluding carboxylic acids is 2. The minimum atomic E-state index is -0.752. The monoisotopic (exact) mass is 414 g/mol. The molecule has 0 heterocycles. The Kier molecular flexibility index (Phi) is 5.43. The van der Waals surface area contributed by atoms with Gasteiger partial charge >= 0.3 is 11.9 Å². The van der Waals surface area contributed by atoms with Crippen molar-refractivity contribution in [1.82, 2.24) is 0 Å². The van der Waals surface area contributed by atoms with Crippen LogP contribution in [0.25, 0.3) is 0 Å². The van der Waals surface area contributed by atoms with Crippen LogP contribution in [0.15, 0.2) is 77.3 Å². The second-order valence-electron chi connectivity index (χ2n) is 5.21. The van der Waals surface area contributed by atoms with Gasteiger partial charge in [0.05, 0.1) is 15.6 Å². The van der Waals surface area contributed by atoms with E-state index in [0.29, 0.717) is 5.75 Å². The van der Waals surface area contributed by atoms with Gasteiger partial charge in [0.1, 0.15) is 17.3 Å². The van der Waals surface area contributed by atoms with E-state index < -0.39 is 17.8 Å². The van der Waals surface area contributed by atoms with Crippen molar-refractivity contribution in [2.75, 3.05) is 0 Å². The fourth-order valence-electron chi connectivity index (χ4n) is 2.20. The van der Waals surface area contributed by atoms with Crippen LogP contribution in [0, 0.1) is 5.82 Å². The largest absolute Gasteiger partial charge is 0.423 e. The van der Waals surface area contributed by atoms with Crippen LogP contribution in [0.3, 0.4) is 0 Å². The van der Waals surface area contributed by atoms with Gasteiger partial charge < -0.3 is 9.47 Å². The van der Waals surface area contributed by atoms with E-state index in [9.17, 15) is 14.0 Å². The molecule has 3 aromatic carbocycles. The van der Waals surface area contributed by atoms with Gasteiger partial charge in [-0.3, -0.25) is 0 Å². The third-order valence-corrected chi connectivity index (χ3v) is 4.04. The second-order valence-corrected chi connectivity index (χ2v) is 6.07. The summed E-state index contributed by atoms with van der Waals surface area (Å²) in [5, 5.41) is 0. The van der Waals surface area contributed by atoms with Gasteiger partial charge in [-0.1, -0.05) is 30.3 Å². The van der Waals surface area contributed by atoms with Gasteiger partial charge in [0.15, 0.2) is 0 Å². The fourth-order valence-corrected chi connectivity index (χ4v) is 2.63. The number of esters is 2. The van der Waals surface area contributed by atoms with E-state index in [2.05, 4.69) is 15.9 Å². The third-order valence-electron chi connectivity index (χ3n) is 3.42. The van der Waals surface area contributed by atoms with E-state index in [1.807, 2.05) is 0 Å². The molecule has 0 aliphatic carbocycles. The maximum absolute atomic E-state index is 13.2. The van der Waals surface area contributed by atoms with E-state index in [4.69, 9.17) is 9.47 Å². The summed E-state index contributed by atoms with van der Waals surface area (Å²) in [4.78, 5) is 24.9. The molecule has 0 N–H and O–H groups in total. The lowest BCUT2D eigenvalue weighted by Crippen LogP contribution is -2.17. The van der Waals surface area contributed by atoms with Gasteiger partial charge in [0.2, 0.25) is 0 Å². The van der Waals surface area contributed by atoms with Crippen LogP contribution in [0.2, 0.25) is 0 Å². The molecule has 0 aromatic heterocycles. The summed E-state index contributed by atoms with van der Waals surface area (Å²) < 4.78 is 24.0. The summed E-state index contributed by atoms with van der Waals surface area (Å²) >= 11 is 3.13. The van der Waals surface area contributed by atoms with Crippen LogP contribution in [0.5, 0.6) is 11.5 Å². The van der Waals surface area contributed by atoms with Crippen LogP contribution >= 0.6 is 15.9 Å². The van der Waals surface area contributed by atoms with Crippen molar-refractivity contribution in [3.8, 4) is 11.5 Å². The number of hydrogen-bond donors (Lipinski definition) is 0. The first-order valence-electron chi connectivity index (χ1n) is 7.58. The van der Waals surface area contributed by atoms with Gasteiger partial charge in [-0.2, -0.15) is 0 Å². The Hall–Kier alpha value is -2.99. The molecular weight excluding hydrogens is 403 g/mol. The normalized spacial score (nSPS) is 10.2. The zero-order chi connectivity index (χ0) is 18.5. The highest BCUT2D eigenvalue weighted by molar-refractivity contribution is 9.10.